The summed E-state index contributed by atoms with van der Waals surface area (Å²) < 4.78 is 0. The quantitative estimate of drug-likeness (QED) is 0.285. The molecule has 66 valence electrons. The Morgan fingerprint density at radius 2 is 1.82 bits per heavy atom. The Morgan fingerprint density at radius 1 is 1.18 bits per heavy atom. The van der Waals surface area contributed by atoms with Crippen LogP contribution in [0.4, 0.5) is 0 Å². The smallest absolute Gasteiger partial charge is 0.109 e. The van der Waals surface area contributed by atoms with Crippen molar-refractivity contribution in [3.8, 4) is 0 Å². The van der Waals surface area contributed by atoms with E-state index in [1.54, 1.807) is 0 Å². The molecule has 4 atom stereocenters. The molecule has 0 radical (unpaired) electrons. The molecule has 1 saturated heterocycles. The van der Waals surface area contributed by atoms with Crippen LogP contribution < -0.4 is 5.32 Å². The second kappa shape index (κ2) is 3.46. The molecule has 5 heteroatoms. The largest absolute Gasteiger partial charge is 0.395 e. The third kappa shape index (κ3) is 1.69. The van der Waals surface area contributed by atoms with E-state index in [2.05, 4.69) is 5.32 Å². The van der Waals surface area contributed by atoms with Gasteiger partial charge in [-0.05, 0) is 0 Å². The summed E-state index contributed by atoms with van der Waals surface area (Å²) in [4.78, 5) is 0. The van der Waals surface area contributed by atoms with Gasteiger partial charge in [0, 0.05) is 6.54 Å². The zero-order valence-electron chi connectivity index (χ0n) is 6.01. The van der Waals surface area contributed by atoms with E-state index in [9.17, 15) is 5.11 Å². The summed E-state index contributed by atoms with van der Waals surface area (Å²) in [6.45, 7) is -0.0472. The zero-order valence-corrected chi connectivity index (χ0v) is 6.01. The molecule has 1 aliphatic heterocycles. The predicted molar refractivity (Wildman–Crippen MR) is 36.9 cm³/mol. The van der Waals surface area contributed by atoms with Crippen molar-refractivity contribution in [3.05, 3.63) is 0 Å². The van der Waals surface area contributed by atoms with Gasteiger partial charge in [0.05, 0.1) is 24.9 Å². The van der Waals surface area contributed by atoms with Crippen molar-refractivity contribution in [3.63, 3.8) is 0 Å². The molecular weight excluding hydrogens is 150 g/mol. The highest BCUT2D eigenvalue weighted by Crippen LogP contribution is 2.09. The fourth-order valence-electron chi connectivity index (χ4n) is 1.15. The molecule has 0 aromatic carbocycles. The molecule has 0 aliphatic carbocycles. The van der Waals surface area contributed by atoms with Gasteiger partial charge in [-0.25, -0.2) is 0 Å². The maximum atomic E-state index is 9.18. The monoisotopic (exact) mass is 163 g/mol. The van der Waals surface area contributed by atoms with Crippen LogP contribution in [0, 0.1) is 0 Å². The predicted octanol–water partition coefficient (Wildman–Crippen LogP) is -2.97. The first kappa shape index (κ1) is 8.89. The molecule has 11 heavy (non-hydrogen) atoms. The van der Waals surface area contributed by atoms with Crippen LogP contribution in [0.25, 0.3) is 0 Å². The van der Waals surface area contributed by atoms with Crippen LogP contribution in [-0.4, -0.2) is 57.9 Å². The van der Waals surface area contributed by atoms with Gasteiger partial charge in [0.1, 0.15) is 6.10 Å². The van der Waals surface area contributed by atoms with E-state index in [0.29, 0.717) is 0 Å². The SMILES string of the molecule is OCC1NC[C@H](O)[C@@H](O)[C@@H]1O. The molecule has 0 aromatic heterocycles. The molecule has 0 bridgehead atoms. The van der Waals surface area contributed by atoms with Crippen LogP contribution in [0.1, 0.15) is 0 Å². The lowest BCUT2D eigenvalue weighted by Crippen LogP contribution is -2.60. The van der Waals surface area contributed by atoms with Gasteiger partial charge in [-0.15, -0.1) is 0 Å². The van der Waals surface area contributed by atoms with Gasteiger partial charge >= 0.3 is 0 Å². The number of hydrogen-bond donors (Lipinski definition) is 5. The van der Waals surface area contributed by atoms with Crippen LogP contribution in [0.15, 0.2) is 0 Å². The molecule has 1 aliphatic rings. The van der Waals surface area contributed by atoms with Crippen molar-refractivity contribution in [2.45, 2.75) is 24.4 Å². The molecule has 0 amide bonds. The molecule has 1 rings (SSSR count). The Balaban J connectivity index is 2.52. The summed E-state index contributed by atoms with van der Waals surface area (Å²) in [6.07, 6.45) is -3.20. The van der Waals surface area contributed by atoms with Gasteiger partial charge in [-0.1, -0.05) is 0 Å². The lowest BCUT2D eigenvalue weighted by Gasteiger charge is -2.34. The summed E-state index contributed by atoms with van der Waals surface area (Å²) in [6, 6.07) is -0.534. The summed E-state index contributed by atoms with van der Waals surface area (Å²) >= 11 is 0. The fourth-order valence-corrected chi connectivity index (χ4v) is 1.15. The molecule has 5 nitrogen and oxygen atoms in total. The number of aliphatic hydroxyl groups is 4. The molecule has 0 spiro atoms. The maximum Gasteiger partial charge on any atom is 0.109 e. The van der Waals surface area contributed by atoms with Crippen molar-refractivity contribution in [1.82, 2.24) is 5.32 Å². The van der Waals surface area contributed by atoms with E-state index in [1.807, 2.05) is 0 Å². The first-order valence-corrected chi connectivity index (χ1v) is 3.55. The van der Waals surface area contributed by atoms with E-state index in [0.717, 1.165) is 0 Å². The van der Waals surface area contributed by atoms with E-state index in [-0.39, 0.29) is 13.2 Å². The average Bonchev–Trinajstić information content (AvgIpc) is 2.01. The van der Waals surface area contributed by atoms with Crippen molar-refractivity contribution in [2.75, 3.05) is 13.2 Å². The van der Waals surface area contributed by atoms with Crippen LogP contribution in [0.5, 0.6) is 0 Å². The standard InChI is InChI=1S/C6H13NO4/c8-2-3-5(10)6(11)4(9)1-7-3/h3-11H,1-2H2/t3?,4-,5+,6+/m0/s1. The lowest BCUT2D eigenvalue weighted by molar-refractivity contribution is -0.101. The molecule has 5 N–H and O–H groups in total. The molecule has 0 aromatic rings. The van der Waals surface area contributed by atoms with Crippen LogP contribution >= 0.6 is 0 Å². The third-order valence-corrected chi connectivity index (χ3v) is 1.94. The van der Waals surface area contributed by atoms with E-state index in [4.69, 9.17) is 15.3 Å². The summed E-state index contributed by atoms with van der Waals surface area (Å²) in [5.41, 5.74) is 0. The Bertz CT molecular complexity index is 130. The van der Waals surface area contributed by atoms with E-state index >= 15 is 0 Å². The van der Waals surface area contributed by atoms with E-state index < -0.39 is 24.4 Å². The number of nitrogens with one attached hydrogen (secondary N) is 1. The minimum absolute atomic E-state index is 0.198. The van der Waals surface area contributed by atoms with Crippen molar-refractivity contribution in [1.29, 1.82) is 0 Å². The first-order valence-electron chi connectivity index (χ1n) is 3.55. The zero-order chi connectivity index (χ0) is 8.43. The summed E-state index contributed by atoms with van der Waals surface area (Å²) in [5.74, 6) is 0. The normalized spacial score (nSPS) is 45.8. The van der Waals surface area contributed by atoms with Gasteiger partial charge in [0.15, 0.2) is 0 Å². The highest BCUT2D eigenvalue weighted by molar-refractivity contribution is 4.91. The molecule has 0 saturated carbocycles. The maximum absolute atomic E-state index is 9.18. The fraction of sp³-hybridized carbons (Fsp3) is 1.00. The number of rotatable bonds is 1. The van der Waals surface area contributed by atoms with Gasteiger partial charge in [-0.3, -0.25) is 0 Å². The van der Waals surface area contributed by atoms with Gasteiger partial charge in [0.25, 0.3) is 0 Å². The highest BCUT2D eigenvalue weighted by Gasteiger charge is 2.35. The number of aliphatic hydroxyl groups excluding tert-OH is 4. The number of hydrogen-bond acceptors (Lipinski definition) is 5. The van der Waals surface area contributed by atoms with Crippen LogP contribution in [-0.2, 0) is 0 Å². The Morgan fingerprint density at radius 3 is 2.36 bits per heavy atom. The van der Waals surface area contributed by atoms with Crippen molar-refractivity contribution < 1.29 is 20.4 Å². The topological polar surface area (TPSA) is 93.0 Å². The Labute approximate surface area is 64.3 Å². The third-order valence-electron chi connectivity index (χ3n) is 1.94. The van der Waals surface area contributed by atoms with Crippen molar-refractivity contribution in [2.24, 2.45) is 0 Å². The molecular formula is C6H13NO4. The molecule has 1 unspecified atom stereocenters. The summed E-state index contributed by atoms with van der Waals surface area (Å²) in [5, 5.41) is 38.6. The van der Waals surface area contributed by atoms with Gasteiger partial charge in [-0.2, -0.15) is 0 Å². The highest BCUT2D eigenvalue weighted by atomic mass is 16.4. The van der Waals surface area contributed by atoms with Crippen LogP contribution in [0.3, 0.4) is 0 Å². The molecule has 1 fully saturated rings. The van der Waals surface area contributed by atoms with E-state index in [1.165, 1.54) is 0 Å². The molecule has 1 heterocycles. The minimum atomic E-state index is -1.16. The Kier molecular flexibility index (Phi) is 2.80. The van der Waals surface area contributed by atoms with Crippen molar-refractivity contribution >= 4 is 0 Å². The lowest BCUT2D eigenvalue weighted by atomic mass is 9.97. The second-order valence-electron chi connectivity index (χ2n) is 2.75. The Hall–Kier alpha value is -0.200. The van der Waals surface area contributed by atoms with Gasteiger partial charge < -0.3 is 25.7 Å². The van der Waals surface area contributed by atoms with Gasteiger partial charge in [0.2, 0.25) is 0 Å². The second-order valence-corrected chi connectivity index (χ2v) is 2.75. The average molecular weight is 163 g/mol. The minimum Gasteiger partial charge on any atom is -0.395 e. The number of piperidine rings is 1. The van der Waals surface area contributed by atoms with Crippen LogP contribution in [0.2, 0.25) is 0 Å². The first-order chi connectivity index (χ1) is 5.16. The number of β-amino-alcohol motifs (C(OH)–C–C–N with tert-alkyl or cyclic N) is 1. The summed E-state index contributed by atoms with van der Waals surface area (Å²) in [7, 11) is 0.